The highest BCUT2D eigenvalue weighted by molar-refractivity contribution is 5.93. The zero-order valence-corrected chi connectivity index (χ0v) is 17.7. The van der Waals surface area contributed by atoms with Crippen molar-refractivity contribution in [2.24, 2.45) is 0 Å². The van der Waals surface area contributed by atoms with Crippen molar-refractivity contribution in [3.63, 3.8) is 0 Å². The molecule has 0 bridgehead atoms. The molecule has 0 spiro atoms. The summed E-state index contributed by atoms with van der Waals surface area (Å²) in [5.41, 5.74) is 4.47. The predicted octanol–water partition coefficient (Wildman–Crippen LogP) is 4.57. The van der Waals surface area contributed by atoms with E-state index < -0.39 is 11.9 Å². The Morgan fingerprint density at radius 2 is 1.56 bits per heavy atom. The van der Waals surface area contributed by atoms with Gasteiger partial charge in [-0.15, -0.1) is 0 Å². The molecule has 4 rings (SSSR count). The van der Waals surface area contributed by atoms with Crippen molar-refractivity contribution in [1.82, 2.24) is 9.78 Å². The Morgan fingerprint density at radius 1 is 0.906 bits per heavy atom. The molecule has 3 aromatic carbocycles. The molecule has 6 heteroatoms. The molecule has 160 valence electrons. The normalized spacial score (nSPS) is 10.5. The number of carbonyl (C=O) groups excluding carboxylic acids is 2. The second kappa shape index (κ2) is 9.75. The Kier molecular flexibility index (Phi) is 6.41. The van der Waals surface area contributed by atoms with Crippen molar-refractivity contribution in [3.8, 4) is 16.9 Å². The quantitative estimate of drug-likeness (QED) is 0.440. The zero-order chi connectivity index (χ0) is 22.3. The third-order valence-electron chi connectivity index (χ3n) is 4.88. The fourth-order valence-electron chi connectivity index (χ4n) is 3.24. The van der Waals surface area contributed by atoms with Gasteiger partial charge in [0.1, 0.15) is 5.82 Å². The number of carbonyl (C=O) groups is 2. The minimum Gasteiger partial charge on any atom is -0.455 e. The maximum atomic E-state index is 12.5. The molecule has 0 atom stereocenters. The number of hydrogen-bond acceptors (Lipinski definition) is 4. The van der Waals surface area contributed by atoms with Gasteiger partial charge in [-0.2, -0.15) is 5.10 Å². The summed E-state index contributed by atoms with van der Waals surface area (Å²) in [5.74, 6) is -0.391. The van der Waals surface area contributed by atoms with Crippen LogP contribution in [0.2, 0.25) is 0 Å². The number of nitrogens with zero attached hydrogens (tertiary/aromatic N) is 2. The van der Waals surface area contributed by atoms with Gasteiger partial charge in [0.2, 0.25) is 0 Å². The first-order chi connectivity index (χ1) is 15.6. The number of amides is 1. The van der Waals surface area contributed by atoms with E-state index in [4.69, 9.17) is 4.74 Å². The van der Waals surface area contributed by atoms with Gasteiger partial charge in [-0.25, -0.2) is 4.68 Å². The van der Waals surface area contributed by atoms with Gasteiger partial charge >= 0.3 is 5.97 Å². The number of para-hydroxylation sites is 1. The topological polar surface area (TPSA) is 73.2 Å². The van der Waals surface area contributed by atoms with E-state index in [-0.39, 0.29) is 13.0 Å². The summed E-state index contributed by atoms with van der Waals surface area (Å²) in [4.78, 5) is 24.6. The average Bonchev–Trinajstić information content (AvgIpc) is 3.23. The lowest BCUT2D eigenvalue weighted by Crippen LogP contribution is -2.23. The molecule has 0 saturated heterocycles. The number of nitrogens with one attached hydrogen (secondary N) is 1. The third-order valence-corrected chi connectivity index (χ3v) is 4.88. The van der Waals surface area contributed by atoms with Crippen LogP contribution in [0.4, 0.5) is 5.82 Å². The van der Waals surface area contributed by atoms with Gasteiger partial charge in [0.25, 0.3) is 5.91 Å². The molecule has 0 saturated carbocycles. The van der Waals surface area contributed by atoms with Crippen LogP contribution in [-0.4, -0.2) is 28.3 Å². The maximum absolute atomic E-state index is 12.5. The van der Waals surface area contributed by atoms with Crippen molar-refractivity contribution in [2.45, 2.75) is 13.3 Å². The molecule has 1 aromatic heterocycles. The maximum Gasteiger partial charge on any atom is 0.310 e. The summed E-state index contributed by atoms with van der Waals surface area (Å²) in [6, 6.07) is 28.6. The lowest BCUT2D eigenvalue weighted by molar-refractivity contribution is -0.146. The highest BCUT2D eigenvalue weighted by Crippen LogP contribution is 2.25. The second-order valence-corrected chi connectivity index (χ2v) is 7.40. The van der Waals surface area contributed by atoms with Crippen molar-refractivity contribution in [2.75, 3.05) is 11.9 Å². The van der Waals surface area contributed by atoms with Crippen LogP contribution in [0.3, 0.4) is 0 Å². The summed E-state index contributed by atoms with van der Waals surface area (Å²) in [5, 5.41) is 7.49. The van der Waals surface area contributed by atoms with Crippen LogP contribution in [-0.2, 0) is 20.7 Å². The third kappa shape index (κ3) is 5.29. The molecule has 4 aromatic rings. The highest BCUT2D eigenvalue weighted by atomic mass is 16.5. The minimum absolute atomic E-state index is 0.119. The van der Waals surface area contributed by atoms with Crippen molar-refractivity contribution in [3.05, 3.63) is 102 Å². The number of rotatable bonds is 7. The molecular weight excluding hydrogens is 402 g/mol. The van der Waals surface area contributed by atoms with Gasteiger partial charge in [0.05, 0.1) is 17.8 Å². The van der Waals surface area contributed by atoms with Crippen LogP contribution >= 0.6 is 0 Å². The van der Waals surface area contributed by atoms with E-state index in [2.05, 4.69) is 10.4 Å². The number of anilines is 1. The fraction of sp³-hybridized carbons (Fsp3) is 0.115. The van der Waals surface area contributed by atoms with Gasteiger partial charge in [-0.1, -0.05) is 78.4 Å². The Labute approximate surface area is 186 Å². The number of esters is 1. The Bertz CT molecular complexity index is 1200. The van der Waals surface area contributed by atoms with Crippen molar-refractivity contribution >= 4 is 17.7 Å². The van der Waals surface area contributed by atoms with Gasteiger partial charge in [0.15, 0.2) is 6.61 Å². The molecule has 0 unspecified atom stereocenters. The SMILES string of the molecule is Cc1ccc(-c2cc(NC(=O)COC(=O)Cc3ccccc3)n(-c3ccccc3)n2)cc1. The summed E-state index contributed by atoms with van der Waals surface area (Å²) in [6.07, 6.45) is 0.119. The molecule has 0 radical (unpaired) electrons. The highest BCUT2D eigenvalue weighted by Gasteiger charge is 2.15. The van der Waals surface area contributed by atoms with Gasteiger partial charge in [-0.05, 0) is 24.6 Å². The van der Waals surface area contributed by atoms with E-state index in [0.29, 0.717) is 5.82 Å². The van der Waals surface area contributed by atoms with Gasteiger partial charge in [-0.3, -0.25) is 9.59 Å². The standard InChI is InChI=1S/C26H23N3O3/c1-19-12-14-21(15-13-19)23-17-24(29(28-23)22-10-6-3-7-11-22)27-25(30)18-32-26(31)16-20-8-4-2-5-9-20/h2-15,17H,16,18H2,1H3,(H,27,30). The van der Waals surface area contributed by atoms with E-state index in [1.165, 1.54) is 0 Å². The van der Waals surface area contributed by atoms with Crippen molar-refractivity contribution in [1.29, 1.82) is 0 Å². The van der Waals surface area contributed by atoms with E-state index >= 15 is 0 Å². The molecule has 1 heterocycles. The predicted molar refractivity (Wildman–Crippen MR) is 123 cm³/mol. The number of ether oxygens (including phenoxy) is 1. The first-order valence-corrected chi connectivity index (χ1v) is 10.3. The van der Waals surface area contributed by atoms with E-state index in [1.807, 2.05) is 91.9 Å². The van der Waals surface area contributed by atoms with Gasteiger partial charge < -0.3 is 10.1 Å². The Morgan fingerprint density at radius 3 is 2.25 bits per heavy atom. The molecule has 1 amide bonds. The zero-order valence-electron chi connectivity index (χ0n) is 17.7. The van der Waals surface area contributed by atoms with E-state index in [0.717, 1.165) is 28.1 Å². The van der Waals surface area contributed by atoms with Crippen molar-refractivity contribution < 1.29 is 14.3 Å². The van der Waals surface area contributed by atoms with Crippen LogP contribution < -0.4 is 5.32 Å². The fourth-order valence-corrected chi connectivity index (χ4v) is 3.24. The molecule has 0 fully saturated rings. The first-order valence-electron chi connectivity index (χ1n) is 10.3. The summed E-state index contributed by atoms with van der Waals surface area (Å²) >= 11 is 0. The molecular formula is C26H23N3O3. The van der Waals surface area contributed by atoms with Gasteiger partial charge in [0, 0.05) is 11.6 Å². The number of hydrogen-bond donors (Lipinski definition) is 1. The average molecular weight is 425 g/mol. The summed E-state index contributed by atoms with van der Waals surface area (Å²) in [6.45, 7) is 1.66. The molecule has 1 N–H and O–H groups in total. The molecule has 0 aliphatic carbocycles. The van der Waals surface area contributed by atoms with Crippen LogP contribution in [0.1, 0.15) is 11.1 Å². The molecule has 0 aliphatic rings. The monoisotopic (exact) mass is 425 g/mol. The lowest BCUT2D eigenvalue weighted by Gasteiger charge is -2.09. The van der Waals surface area contributed by atoms with E-state index in [9.17, 15) is 9.59 Å². The lowest BCUT2D eigenvalue weighted by atomic mass is 10.1. The smallest absolute Gasteiger partial charge is 0.310 e. The molecule has 32 heavy (non-hydrogen) atoms. The van der Waals surface area contributed by atoms with Crippen LogP contribution in [0, 0.1) is 6.92 Å². The Balaban J connectivity index is 1.48. The summed E-state index contributed by atoms with van der Waals surface area (Å²) in [7, 11) is 0. The van der Waals surface area contributed by atoms with Crippen LogP contribution in [0.15, 0.2) is 91.0 Å². The first kappa shape index (κ1) is 21.1. The van der Waals surface area contributed by atoms with Crippen LogP contribution in [0.5, 0.6) is 0 Å². The molecule has 0 aliphatic heterocycles. The minimum atomic E-state index is -0.455. The largest absolute Gasteiger partial charge is 0.455 e. The number of aromatic nitrogens is 2. The molecule has 6 nitrogen and oxygen atoms in total. The second-order valence-electron chi connectivity index (χ2n) is 7.40. The number of benzene rings is 3. The number of aryl methyl sites for hydroxylation is 1. The van der Waals surface area contributed by atoms with Crippen LogP contribution in [0.25, 0.3) is 16.9 Å². The Hall–Kier alpha value is -4.19. The summed E-state index contributed by atoms with van der Waals surface area (Å²) < 4.78 is 6.82. The van der Waals surface area contributed by atoms with E-state index in [1.54, 1.807) is 10.7 Å².